The second-order valence-electron chi connectivity index (χ2n) is 3.03. The third-order valence-electron chi connectivity index (χ3n) is 1.70. The molecular weight excluding hydrogens is 177 g/mol. The molecule has 1 aromatic heterocycles. The summed E-state index contributed by atoms with van der Waals surface area (Å²) in [5.41, 5.74) is -1.61. The molecule has 0 aromatic carbocycles. The summed E-state index contributed by atoms with van der Waals surface area (Å²) in [6, 6.07) is 0. The number of rotatable bonds is 3. The third-order valence-corrected chi connectivity index (χ3v) is 1.70. The fraction of sp³-hybridized carbons (Fsp3) is 0.500. The van der Waals surface area contributed by atoms with Gasteiger partial charge in [0.25, 0.3) is 0 Å². The predicted molar refractivity (Wildman–Crippen MR) is 42.0 cm³/mol. The first-order chi connectivity index (χ1) is 5.93. The molecule has 0 aliphatic rings. The van der Waals surface area contributed by atoms with E-state index < -0.39 is 18.1 Å². The van der Waals surface area contributed by atoms with Crippen LogP contribution in [-0.2, 0) is 10.5 Å². The van der Waals surface area contributed by atoms with E-state index >= 15 is 0 Å². The van der Waals surface area contributed by atoms with Gasteiger partial charge in [-0.2, -0.15) is 0 Å². The number of nitrogens with zero attached hydrogens (tertiary/aromatic N) is 1. The minimum absolute atomic E-state index is 0.0186. The zero-order valence-electron chi connectivity index (χ0n) is 7.37. The highest BCUT2D eigenvalue weighted by Crippen LogP contribution is 2.30. The number of hydrogen-bond donors (Lipinski definition) is 1. The predicted octanol–water partition coefficient (Wildman–Crippen LogP) is 1.64. The van der Waals surface area contributed by atoms with Crippen LogP contribution in [0, 0.1) is 6.92 Å². The van der Waals surface area contributed by atoms with E-state index in [1.807, 2.05) is 0 Å². The van der Waals surface area contributed by atoms with Crippen molar-refractivity contribution in [2.45, 2.75) is 25.9 Å². The van der Waals surface area contributed by atoms with Gasteiger partial charge in [0.05, 0.1) is 12.1 Å². The molecular formula is C8H10FNO3. The van der Waals surface area contributed by atoms with Crippen LogP contribution in [0.3, 0.4) is 0 Å². The maximum atomic E-state index is 13.7. The molecule has 1 aromatic rings. The topological polar surface area (TPSA) is 63.3 Å². The van der Waals surface area contributed by atoms with Crippen molar-refractivity contribution in [2.24, 2.45) is 0 Å². The van der Waals surface area contributed by atoms with E-state index in [0.717, 1.165) is 13.3 Å². The molecule has 1 unspecified atom stereocenters. The number of aromatic nitrogens is 1. The maximum absolute atomic E-state index is 13.7. The van der Waals surface area contributed by atoms with Crippen LogP contribution in [0.15, 0.2) is 10.8 Å². The highest BCUT2D eigenvalue weighted by atomic mass is 19.1. The van der Waals surface area contributed by atoms with E-state index in [1.54, 1.807) is 6.92 Å². The number of carboxylic acids is 1. The first-order valence-electron chi connectivity index (χ1n) is 3.75. The number of carboxylic acid groups (broad SMARTS) is 1. The first-order valence-corrected chi connectivity index (χ1v) is 3.75. The number of aryl methyl sites for hydroxylation is 1. The van der Waals surface area contributed by atoms with Crippen LogP contribution in [-0.4, -0.2) is 16.1 Å². The van der Waals surface area contributed by atoms with Crippen LogP contribution in [0.2, 0.25) is 0 Å². The number of halogens is 1. The Bertz CT molecular complexity index is 319. The van der Waals surface area contributed by atoms with E-state index in [9.17, 15) is 9.18 Å². The van der Waals surface area contributed by atoms with Gasteiger partial charge in [0, 0.05) is 0 Å². The Morgan fingerprint density at radius 1 is 1.85 bits per heavy atom. The zero-order chi connectivity index (χ0) is 10.1. The SMILES string of the molecule is Cc1ncoc1C(C)(F)CC(=O)O. The lowest BCUT2D eigenvalue weighted by atomic mass is 10.0. The molecule has 72 valence electrons. The summed E-state index contributed by atoms with van der Waals surface area (Å²) in [5.74, 6) is -1.23. The Morgan fingerprint density at radius 2 is 2.46 bits per heavy atom. The molecule has 13 heavy (non-hydrogen) atoms. The Morgan fingerprint density at radius 3 is 2.85 bits per heavy atom. The lowest BCUT2D eigenvalue weighted by Crippen LogP contribution is -2.20. The molecule has 0 saturated heterocycles. The standard InChI is InChI=1S/C8H10FNO3/c1-5-7(13-4-10-5)8(2,9)3-6(11)12/h4H,3H2,1-2H3,(H,11,12). The fourth-order valence-electron chi connectivity index (χ4n) is 1.17. The maximum Gasteiger partial charge on any atom is 0.307 e. The number of hydrogen-bond acceptors (Lipinski definition) is 3. The van der Waals surface area contributed by atoms with Gasteiger partial charge in [-0.3, -0.25) is 4.79 Å². The fourth-order valence-corrected chi connectivity index (χ4v) is 1.17. The molecule has 0 aliphatic heterocycles. The van der Waals surface area contributed by atoms with Crippen LogP contribution in [0.25, 0.3) is 0 Å². The van der Waals surface area contributed by atoms with E-state index in [0.29, 0.717) is 5.69 Å². The summed E-state index contributed by atoms with van der Waals surface area (Å²) in [6.07, 6.45) is 0.480. The highest BCUT2D eigenvalue weighted by molar-refractivity contribution is 5.68. The van der Waals surface area contributed by atoms with Crippen molar-refractivity contribution >= 4 is 5.97 Å². The van der Waals surface area contributed by atoms with E-state index in [-0.39, 0.29) is 5.76 Å². The van der Waals surface area contributed by atoms with Crippen molar-refractivity contribution in [1.29, 1.82) is 0 Å². The largest absolute Gasteiger partial charge is 0.481 e. The summed E-state index contributed by atoms with van der Waals surface area (Å²) in [7, 11) is 0. The molecule has 0 aliphatic carbocycles. The molecule has 0 amide bonds. The molecule has 0 bridgehead atoms. The van der Waals surface area contributed by atoms with Gasteiger partial charge in [0.15, 0.2) is 17.8 Å². The minimum Gasteiger partial charge on any atom is -0.481 e. The van der Waals surface area contributed by atoms with Gasteiger partial charge in [-0.15, -0.1) is 0 Å². The van der Waals surface area contributed by atoms with Gasteiger partial charge in [0.2, 0.25) is 0 Å². The molecule has 1 heterocycles. The van der Waals surface area contributed by atoms with Gasteiger partial charge >= 0.3 is 5.97 Å². The summed E-state index contributed by atoms with van der Waals surface area (Å²) < 4.78 is 18.4. The smallest absolute Gasteiger partial charge is 0.307 e. The average Bonchev–Trinajstić information content (AvgIpc) is 2.32. The van der Waals surface area contributed by atoms with Crippen molar-refractivity contribution in [3.8, 4) is 0 Å². The minimum atomic E-state index is -1.99. The molecule has 4 nitrogen and oxygen atoms in total. The van der Waals surface area contributed by atoms with Gasteiger partial charge in [-0.25, -0.2) is 9.37 Å². The molecule has 5 heteroatoms. The quantitative estimate of drug-likeness (QED) is 0.781. The Hall–Kier alpha value is -1.39. The van der Waals surface area contributed by atoms with Crippen LogP contribution in [0.1, 0.15) is 24.8 Å². The second kappa shape index (κ2) is 3.16. The van der Waals surface area contributed by atoms with Gasteiger partial charge in [0.1, 0.15) is 0 Å². The molecule has 0 saturated carbocycles. The van der Waals surface area contributed by atoms with Crippen LogP contribution in [0.5, 0.6) is 0 Å². The second-order valence-corrected chi connectivity index (χ2v) is 3.03. The van der Waals surface area contributed by atoms with Crippen LogP contribution >= 0.6 is 0 Å². The van der Waals surface area contributed by atoms with Gasteiger partial charge in [-0.1, -0.05) is 0 Å². The Balaban J connectivity index is 2.93. The van der Waals surface area contributed by atoms with Crippen molar-refractivity contribution in [3.05, 3.63) is 17.8 Å². The van der Waals surface area contributed by atoms with Crippen LogP contribution in [0.4, 0.5) is 4.39 Å². The number of aliphatic carboxylic acids is 1. The van der Waals surface area contributed by atoms with E-state index in [4.69, 9.17) is 9.52 Å². The van der Waals surface area contributed by atoms with E-state index in [1.165, 1.54) is 0 Å². The molecule has 0 spiro atoms. The normalized spacial score (nSPS) is 15.3. The summed E-state index contributed by atoms with van der Waals surface area (Å²) in [6.45, 7) is 2.73. The van der Waals surface area contributed by atoms with E-state index in [2.05, 4.69) is 4.98 Å². The molecule has 0 radical (unpaired) electrons. The average molecular weight is 187 g/mol. The van der Waals surface area contributed by atoms with Crippen molar-refractivity contribution in [2.75, 3.05) is 0 Å². The van der Waals surface area contributed by atoms with Gasteiger partial charge in [-0.05, 0) is 13.8 Å². The summed E-state index contributed by atoms with van der Waals surface area (Å²) in [5, 5.41) is 8.44. The number of alkyl halides is 1. The van der Waals surface area contributed by atoms with Crippen LogP contribution < -0.4 is 0 Å². The Kier molecular flexibility index (Phi) is 2.36. The first kappa shape index (κ1) is 9.70. The third kappa shape index (κ3) is 2.05. The highest BCUT2D eigenvalue weighted by Gasteiger charge is 2.34. The lowest BCUT2D eigenvalue weighted by Gasteiger charge is -2.14. The number of oxazole rings is 1. The molecule has 0 fully saturated rings. The summed E-state index contributed by atoms with van der Waals surface area (Å²) in [4.78, 5) is 14.0. The molecule has 1 atom stereocenters. The van der Waals surface area contributed by atoms with Crippen molar-refractivity contribution in [3.63, 3.8) is 0 Å². The molecule has 1 N–H and O–H groups in total. The lowest BCUT2D eigenvalue weighted by molar-refractivity contribution is -0.140. The van der Waals surface area contributed by atoms with Gasteiger partial charge < -0.3 is 9.52 Å². The molecule has 1 rings (SSSR count). The van der Waals surface area contributed by atoms with Crippen molar-refractivity contribution in [1.82, 2.24) is 4.98 Å². The Labute approximate surface area is 74.4 Å². The van der Waals surface area contributed by atoms with Crippen molar-refractivity contribution < 1.29 is 18.7 Å². The number of carbonyl (C=O) groups is 1. The summed E-state index contributed by atoms with van der Waals surface area (Å²) >= 11 is 0. The monoisotopic (exact) mass is 187 g/mol. The zero-order valence-corrected chi connectivity index (χ0v) is 7.37.